The Hall–Kier alpha value is -3.62. The van der Waals surface area contributed by atoms with Crippen LogP contribution in [0.15, 0.2) is 14.5 Å². The van der Waals surface area contributed by atoms with Crippen LogP contribution in [0.5, 0.6) is 0 Å². The van der Waals surface area contributed by atoms with Gasteiger partial charge in [0.05, 0.1) is 5.25 Å². The molecule has 20 heteroatoms. The van der Waals surface area contributed by atoms with Crippen molar-refractivity contribution in [1.82, 2.24) is 10.0 Å². The van der Waals surface area contributed by atoms with E-state index >= 15 is 0 Å². The summed E-state index contributed by atoms with van der Waals surface area (Å²) in [5, 5.41) is 2.38. The van der Waals surface area contributed by atoms with Gasteiger partial charge in [-0.1, -0.05) is 104 Å². The fraction of sp³-hybridized carbons (Fsp3) is 0.767. The molecule has 7 atom stereocenters. The van der Waals surface area contributed by atoms with Crippen molar-refractivity contribution in [3.8, 4) is 0 Å². The molecule has 360 valence electrons. The summed E-state index contributed by atoms with van der Waals surface area (Å²) in [6.07, 6.45) is 10.5. The Morgan fingerprint density at radius 1 is 0.651 bits per heavy atom. The molecule has 0 radical (unpaired) electrons. The molecule has 1 aromatic heterocycles. The van der Waals surface area contributed by atoms with Gasteiger partial charge in [-0.15, -0.1) is 11.3 Å². The zero-order chi connectivity index (χ0) is 47.3. The number of sulfonamides is 1. The Balaban J connectivity index is 1.70. The van der Waals surface area contributed by atoms with Gasteiger partial charge in [0.2, 0.25) is 0 Å². The molecule has 0 fully saturated rings. The second-order valence-corrected chi connectivity index (χ2v) is 21.7. The summed E-state index contributed by atoms with van der Waals surface area (Å²) in [4.78, 5) is 75.4. The predicted octanol–water partition coefficient (Wildman–Crippen LogP) is 6.69. The van der Waals surface area contributed by atoms with E-state index in [1.165, 1.54) is 97.5 Å². The van der Waals surface area contributed by atoms with Gasteiger partial charge in [0.15, 0.2) is 40.4 Å². The highest BCUT2D eigenvalue weighted by Crippen LogP contribution is 2.42. The molecule has 0 bridgehead atoms. The van der Waals surface area contributed by atoms with Crippen LogP contribution in [0.3, 0.4) is 0 Å². The Morgan fingerprint density at radius 3 is 1.48 bits per heavy atom. The van der Waals surface area contributed by atoms with Crippen LogP contribution in [0.1, 0.15) is 176 Å². The largest absolute Gasteiger partial charge is 0.451 e. The van der Waals surface area contributed by atoms with Crippen molar-refractivity contribution in [3.05, 3.63) is 11.6 Å². The van der Waals surface area contributed by atoms with Crippen LogP contribution >= 0.6 is 11.3 Å². The zero-order valence-corrected chi connectivity index (χ0v) is 40.6. The summed E-state index contributed by atoms with van der Waals surface area (Å²) >= 11 is 0.510. The Morgan fingerprint density at radius 2 is 1.05 bits per heavy atom. The van der Waals surface area contributed by atoms with Gasteiger partial charge in [-0.2, -0.15) is 0 Å². The van der Waals surface area contributed by atoms with Gasteiger partial charge in [-0.05, 0) is 67.0 Å². The van der Waals surface area contributed by atoms with Crippen molar-refractivity contribution in [2.75, 3.05) is 6.54 Å². The summed E-state index contributed by atoms with van der Waals surface area (Å²) in [6.45, 7) is 11.9. The van der Waals surface area contributed by atoms with E-state index in [1.807, 2.05) is 6.92 Å². The van der Waals surface area contributed by atoms with Crippen molar-refractivity contribution in [3.63, 3.8) is 0 Å². The number of hydrogen-bond acceptors (Lipinski definition) is 17. The number of fused-ring (bicyclic) bond motifs is 1. The number of hydrogen-bond donors (Lipinski definition) is 2. The Bertz CT molecular complexity index is 1880. The summed E-state index contributed by atoms with van der Waals surface area (Å²) < 4.78 is 78.6. The topological polar surface area (TPSA) is 241 Å². The summed E-state index contributed by atoms with van der Waals surface area (Å²) in [5.41, 5.74) is 0.284. The molecule has 1 aliphatic heterocycles. The lowest BCUT2D eigenvalue weighted by Gasteiger charge is -2.27. The van der Waals surface area contributed by atoms with E-state index < -0.39 is 102 Å². The van der Waals surface area contributed by atoms with E-state index in [4.69, 9.17) is 23.7 Å². The second-order valence-electron chi connectivity index (χ2n) is 16.1. The molecule has 0 aliphatic carbocycles. The van der Waals surface area contributed by atoms with Gasteiger partial charge in [0, 0.05) is 18.0 Å². The summed E-state index contributed by atoms with van der Waals surface area (Å²) in [6, 6.07) is 0.782. The maximum absolute atomic E-state index is 13.1. The monoisotopic (exact) mass is 950 g/mol. The minimum atomic E-state index is -4.59. The van der Waals surface area contributed by atoms with Crippen molar-refractivity contribution in [1.29, 1.82) is 0 Å². The van der Waals surface area contributed by atoms with E-state index in [-0.39, 0.29) is 22.6 Å². The third-order valence-corrected chi connectivity index (χ3v) is 16.3. The third kappa shape index (κ3) is 18.8. The van der Waals surface area contributed by atoms with E-state index in [0.717, 1.165) is 40.0 Å². The first kappa shape index (κ1) is 55.5. The molecule has 0 saturated heterocycles. The fourth-order valence-corrected chi connectivity index (χ4v) is 11.7. The molecule has 2 rings (SSSR count). The standard InChI is InChI=1S/C43H70N2O15S3/c1-9-11-12-13-14-15-16-17-18-19-20-21-22-23-24-25-36(46)56-30(5)39(48)58-32(7)41(50)60-33(8)42(51)59-31(6)40(49)57-29(4)38(47)45-63(54,55)37-27-34-35(44-10-2)26-28(3)62(52,53)43(34)61-37/h27-33,35,44H,9-26H2,1-8H3,(H,45,47)/t28-,29-,30-,31-,32-,33-,35-/m0/s1. The van der Waals surface area contributed by atoms with Crippen LogP contribution in [0, 0.1) is 0 Å². The molecule has 63 heavy (non-hydrogen) atoms. The Kier molecular flexibility index (Phi) is 24.4. The minimum absolute atomic E-state index is 0.113. The number of sulfone groups is 1. The molecule has 2 N–H and O–H groups in total. The van der Waals surface area contributed by atoms with Gasteiger partial charge in [-0.3, -0.25) is 9.59 Å². The highest BCUT2D eigenvalue weighted by atomic mass is 32.3. The van der Waals surface area contributed by atoms with E-state index in [2.05, 4.69) is 12.2 Å². The second kappa shape index (κ2) is 27.6. The maximum Gasteiger partial charge on any atom is 0.347 e. The highest BCUT2D eigenvalue weighted by molar-refractivity contribution is 7.95. The lowest BCUT2D eigenvalue weighted by atomic mass is 10.0. The molecule has 1 aliphatic rings. The van der Waals surface area contributed by atoms with Gasteiger partial charge in [-0.25, -0.2) is 40.7 Å². The van der Waals surface area contributed by atoms with Crippen LogP contribution in [0.4, 0.5) is 0 Å². The number of thiophene rings is 1. The first-order valence-electron chi connectivity index (χ1n) is 22.3. The van der Waals surface area contributed by atoms with Crippen LogP contribution in [0.2, 0.25) is 0 Å². The SMILES string of the molecule is CCCCCCCCCCCCCCCCCC(=O)O[C@@H](C)C(=O)O[C@@H](C)C(=O)O[C@@H](C)C(=O)O[C@@H](C)C(=O)O[C@@H](C)C(=O)NS(=O)(=O)c1cc2c(s1)S(=O)(=O)[C@@H](C)C[C@@H]2NCC. The smallest absolute Gasteiger partial charge is 0.347 e. The first-order valence-corrected chi connectivity index (χ1v) is 26.2. The van der Waals surface area contributed by atoms with Crippen molar-refractivity contribution >= 4 is 67.0 Å². The number of ether oxygens (including phenoxy) is 5. The lowest BCUT2D eigenvalue weighted by Crippen LogP contribution is -2.41. The normalized spacial score (nSPS) is 18.1. The average Bonchev–Trinajstić information content (AvgIpc) is 3.69. The maximum atomic E-state index is 13.1. The van der Waals surface area contributed by atoms with Gasteiger partial charge in [0.1, 0.15) is 8.42 Å². The van der Waals surface area contributed by atoms with Gasteiger partial charge >= 0.3 is 29.8 Å². The molecule has 1 amide bonds. The van der Waals surface area contributed by atoms with Crippen molar-refractivity contribution < 1.29 is 69.3 Å². The quantitative estimate of drug-likeness (QED) is 0.0464. The highest BCUT2D eigenvalue weighted by Gasteiger charge is 2.40. The van der Waals surface area contributed by atoms with Crippen LogP contribution in [0.25, 0.3) is 0 Å². The number of carbonyl (C=O) groups is 6. The van der Waals surface area contributed by atoms with Crippen LogP contribution in [-0.2, 0) is 72.3 Å². The number of nitrogens with one attached hydrogen (secondary N) is 2. The molecule has 17 nitrogen and oxygen atoms in total. The van der Waals surface area contributed by atoms with E-state index in [9.17, 15) is 45.6 Å². The molecule has 2 heterocycles. The van der Waals surface area contributed by atoms with Crippen LogP contribution < -0.4 is 10.0 Å². The van der Waals surface area contributed by atoms with Crippen molar-refractivity contribution in [2.45, 2.75) is 215 Å². The molecular formula is C43H70N2O15S3. The summed E-state index contributed by atoms with van der Waals surface area (Å²) in [7, 11) is -8.39. The van der Waals surface area contributed by atoms with Crippen molar-refractivity contribution in [2.24, 2.45) is 0 Å². The number of amides is 1. The minimum Gasteiger partial charge on any atom is -0.451 e. The number of unbranched alkanes of at least 4 members (excludes halogenated alkanes) is 14. The summed E-state index contributed by atoms with van der Waals surface area (Å²) in [5.74, 6) is -6.42. The molecule has 0 spiro atoms. The zero-order valence-electron chi connectivity index (χ0n) is 38.2. The average molecular weight is 951 g/mol. The number of rotatable bonds is 30. The van der Waals surface area contributed by atoms with E-state index in [0.29, 0.717) is 24.3 Å². The van der Waals surface area contributed by atoms with E-state index in [1.54, 1.807) is 4.72 Å². The number of esters is 5. The molecular weight excluding hydrogens is 881 g/mol. The molecule has 0 saturated carbocycles. The molecule has 0 aromatic carbocycles. The molecule has 0 unspecified atom stereocenters. The van der Waals surface area contributed by atoms with Crippen LogP contribution in [-0.4, -0.2) is 94.9 Å². The first-order chi connectivity index (χ1) is 29.7. The van der Waals surface area contributed by atoms with Gasteiger partial charge in [0.25, 0.3) is 15.9 Å². The lowest BCUT2D eigenvalue weighted by molar-refractivity contribution is -0.185. The number of carbonyl (C=O) groups excluding carboxylic acids is 6. The third-order valence-electron chi connectivity index (χ3n) is 10.5. The predicted molar refractivity (Wildman–Crippen MR) is 235 cm³/mol. The van der Waals surface area contributed by atoms with Gasteiger partial charge < -0.3 is 29.0 Å². The Labute approximate surface area is 377 Å². The molecule has 1 aromatic rings. The fourth-order valence-electron chi connectivity index (χ4n) is 6.66.